The molecular formula is C30H40N4O4. The van der Waals surface area contributed by atoms with Gasteiger partial charge in [0.25, 0.3) is 5.91 Å². The lowest BCUT2D eigenvalue weighted by atomic mass is 9.99. The number of carbonyl (C=O) groups excluding carboxylic acids is 3. The molecule has 204 valence electrons. The van der Waals surface area contributed by atoms with Crippen LogP contribution in [0.2, 0.25) is 0 Å². The summed E-state index contributed by atoms with van der Waals surface area (Å²) in [6.45, 7) is 12.1. The highest BCUT2D eigenvalue weighted by atomic mass is 16.5. The maximum absolute atomic E-state index is 13.2. The number of carbonyl (C=O) groups is 3. The average Bonchev–Trinajstić information content (AvgIpc) is 2.90. The van der Waals surface area contributed by atoms with E-state index in [0.29, 0.717) is 19.4 Å². The van der Waals surface area contributed by atoms with Gasteiger partial charge in [-0.3, -0.25) is 19.4 Å². The Morgan fingerprint density at radius 3 is 2.50 bits per heavy atom. The first kappa shape index (κ1) is 27.6. The maximum atomic E-state index is 13.2. The van der Waals surface area contributed by atoms with E-state index in [9.17, 15) is 14.4 Å². The number of allylic oxidation sites excluding steroid dienone is 1. The molecule has 2 aromatic rings. The van der Waals surface area contributed by atoms with Crippen LogP contribution in [0.5, 0.6) is 0 Å². The third-order valence-electron chi connectivity index (χ3n) is 7.41. The number of aryl methyl sites for hydroxylation is 1. The van der Waals surface area contributed by atoms with Crippen molar-refractivity contribution >= 4 is 28.6 Å². The molecule has 4 atom stereocenters. The maximum Gasteiger partial charge on any atom is 0.325 e. The van der Waals surface area contributed by atoms with Crippen LogP contribution in [-0.4, -0.2) is 47.5 Å². The molecule has 0 aromatic heterocycles. The lowest BCUT2D eigenvalue weighted by Crippen LogP contribution is -2.60. The van der Waals surface area contributed by atoms with Crippen molar-refractivity contribution in [1.82, 2.24) is 21.1 Å². The highest BCUT2D eigenvalue weighted by molar-refractivity contribution is 5.90. The fourth-order valence-electron chi connectivity index (χ4n) is 5.09. The molecule has 0 saturated carbocycles. The molecule has 2 heterocycles. The van der Waals surface area contributed by atoms with Crippen molar-refractivity contribution in [3.05, 3.63) is 59.8 Å². The number of hydrazine groups is 1. The Balaban J connectivity index is 1.60. The Bertz CT molecular complexity index is 1210. The molecule has 1 fully saturated rings. The van der Waals surface area contributed by atoms with E-state index in [1.165, 1.54) is 10.6 Å². The summed E-state index contributed by atoms with van der Waals surface area (Å²) in [5.41, 5.74) is 5.97. The van der Waals surface area contributed by atoms with Crippen LogP contribution in [0.25, 0.3) is 10.8 Å². The minimum Gasteiger partial charge on any atom is -0.457 e. The van der Waals surface area contributed by atoms with Gasteiger partial charge in [0.05, 0.1) is 0 Å². The summed E-state index contributed by atoms with van der Waals surface area (Å²) in [5, 5.41) is 9.80. The van der Waals surface area contributed by atoms with Crippen molar-refractivity contribution in [2.24, 2.45) is 5.92 Å². The predicted molar refractivity (Wildman–Crippen MR) is 148 cm³/mol. The lowest BCUT2D eigenvalue weighted by molar-refractivity contribution is -0.157. The number of nitrogens with zero attached hydrogens (tertiary/aromatic N) is 1. The highest BCUT2D eigenvalue weighted by Gasteiger charge is 2.33. The van der Waals surface area contributed by atoms with E-state index < -0.39 is 30.2 Å². The second-order valence-corrected chi connectivity index (χ2v) is 10.9. The molecule has 0 unspecified atom stereocenters. The second-order valence-electron chi connectivity index (χ2n) is 10.9. The number of hydrogen-bond donors (Lipinski definition) is 3. The number of ether oxygens (including phenoxy) is 1. The molecule has 2 aromatic carbocycles. The minimum atomic E-state index is -0.757. The number of benzene rings is 2. The van der Waals surface area contributed by atoms with E-state index in [2.05, 4.69) is 53.0 Å². The molecule has 4 rings (SSSR count). The fourth-order valence-corrected chi connectivity index (χ4v) is 5.09. The normalized spacial score (nSPS) is 26.2. The number of hydrogen-bond acceptors (Lipinski definition) is 6. The Morgan fingerprint density at radius 1 is 0.974 bits per heavy atom. The topological polar surface area (TPSA) is 99.8 Å². The van der Waals surface area contributed by atoms with E-state index in [1.54, 1.807) is 6.92 Å². The number of esters is 1. The van der Waals surface area contributed by atoms with Gasteiger partial charge in [-0.15, -0.1) is 0 Å². The Morgan fingerprint density at radius 2 is 1.74 bits per heavy atom. The van der Waals surface area contributed by atoms with Gasteiger partial charge in [-0.1, -0.05) is 50.8 Å². The standard InChI is InChI=1S/C30H40N4O4/c1-18(2)27-28(35)32-20(4)29(36)34-15-7-10-26(33-34)30(37)38-21(5)24-14-13-23-12-11-22(16-25(23)17-24)9-6-8-19(3)31-27/h11-14,16-18,20-21,26-27,31,33H,3,6-10,15H2,1-2,4-5H3,(H,32,35)/t20-,21+,26-,27-/m0/s1. The SMILES string of the molecule is C=C1CCCc2ccc3ccc(cc3c2)[C@@H](C)OC(=O)[C@@H]2CCCN(N2)C(=O)[C@H](C)NC(=O)[C@H](C(C)C)N1. The Labute approximate surface area is 225 Å². The van der Waals surface area contributed by atoms with Crippen LogP contribution in [0.4, 0.5) is 0 Å². The summed E-state index contributed by atoms with van der Waals surface area (Å²) < 4.78 is 5.82. The average molecular weight is 521 g/mol. The van der Waals surface area contributed by atoms with E-state index in [-0.39, 0.29) is 17.7 Å². The summed E-state index contributed by atoms with van der Waals surface area (Å²) in [6, 6.07) is 10.7. The number of fused-ring (bicyclic) bond motifs is 4. The summed E-state index contributed by atoms with van der Waals surface area (Å²) >= 11 is 0. The van der Waals surface area contributed by atoms with Crippen LogP contribution >= 0.6 is 0 Å². The minimum absolute atomic E-state index is 0.000374. The first-order valence-corrected chi connectivity index (χ1v) is 13.7. The first-order valence-electron chi connectivity index (χ1n) is 13.7. The Kier molecular flexibility index (Phi) is 8.72. The molecule has 0 aliphatic carbocycles. The smallest absolute Gasteiger partial charge is 0.325 e. The van der Waals surface area contributed by atoms with E-state index in [0.717, 1.165) is 41.3 Å². The third-order valence-corrected chi connectivity index (χ3v) is 7.41. The molecule has 8 heteroatoms. The second kappa shape index (κ2) is 12.0. The van der Waals surface area contributed by atoms with Crippen molar-refractivity contribution in [2.45, 2.75) is 84.0 Å². The van der Waals surface area contributed by atoms with Gasteiger partial charge in [-0.2, -0.15) is 0 Å². The van der Waals surface area contributed by atoms with Gasteiger partial charge >= 0.3 is 5.97 Å². The van der Waals surface area contributed by atoms with Crippen molar-refractivity contribution in [3.8, 4) is 0 Å². The zero-order chi connectivity index (χ0) is 27.4. The molecular weight excluding hydrogens is 480 g/mol. The molecule has 0 radical (unpaired) electrons. The molecule has 0 spiro atoms. The highest BCUT2D eigenvalue weighted by Crippen LogP contribution is 2.25. The third kappa shape index (κ3) is 6.54. The van der Waals surface area contributed by atoms with Crippen molar-refractivity contribution < 1.29 is 19.1 Å². The van der Waals surface area contributed by atoms with Gasteiger partial charge in [0.2, 0.25) is 5.91 Å². The van der Waals surface area contributed by atoms with E-state index in [1.807, 2.05) is 26.8 Å². The van der Waals surface area contributed by atoms with Crippen molar-refractivity contribution in [2.75, 3.05) is 6.54 Å². The molecule has 38 heavy (non-hydrogen) atoms. The molecule has 2 aliphatic heterocycles. The van der Waals surface area contributed by atoms with Crippen LogP contribution in [0.3, 0.4) is 0 Å². The van der Waals surface area contributed by atoms with Crippen LogP contribution in [0, 0.1) is 5.92 Å². The first-order chi connectivity index (χ1) is 18.1. The molecule has 2 aliphatic rings. The molecule has 3 N–H and O–H groups in total. The van der Waals surface area contributed by atoms with E-state index in [4.69, 9.17) is 4.74 Å². The lowest BCUT2D eigenvalue weighted by Gasteiger charge is -2.35. The van der Waals surface area contributed by atoms with Gasteiger partial charge in [0, 0.05) is 12.2 Å². The quantitative estimate of drug-likeness (QED) is 0.493. The van der Waals surface area contributed by atoms with Gasteiger partial charge in [0.1, 0.15) is 24.2 Å². The number of cyclic esters (lactones) is 1. The Hall–Kier alpha value is -3.39. The predicted octanol–water partition coefficient (Wildman–Crippen LogP) is 3.91. The van der Waals surface area contributed by atoms with Crippen molar-refractivity contribution in [3.63, 3.8) is 0 Å². The van der Waals surface area contributed by atoms with Crippen LogP contribution in [-0.2, 0) is 25.5 Å². The van der Waals surface area contributed by atoms with Gasteiger partial charge < -0.3 is 15.4 Å². The summed E-state index contributed by atoms with van der Waals surface area (Å²) in [7, 11) is 0. The summed E-state index contributed by atoms with van der Waals surface area (Å²) in [6.07, 6.45) is 3.28. The monoisotopic (exact) mass is 520 g/mol. The summed E-state index contributed by atoms with van der Waals surface area (Å²) in [4.78, 5) is 39.3. The van der Waals surface area contributed by atoms with Crippen LogP contribution < -0.4 is 16.1 Å². The summed E-state index contributed by atoms with van der Waals surface area (Å²) in [5.74, 6) is -0.936. The zero-order valence-corrected chi connectivity index (χ0v) is 22.9. The number of nitrogens with one attached hydrogen (secondary N) is 3. The van der Waals surface area contributed by atoms with E-state index >= 15 is 0 Å². The van der Waals surface area contributed by atoms with Gasteiger partial charge in [0.15, 0.2) is 0 Å². The molecule has 2 amide bonds. The molecule has 1 saturated heterocycles. The molecule has 5 bridgehead atoms. The largest absolute Gasteiger partial charge is 0.457 e. The fraction of sp³-hybridized carbons (Fsp3) is 0.500. The van der Waals surface area contributed by atoms with Crippen LogP contribution in [0.15, 0.2) is 48.7 Å². The van der Waals surface area contributed by atoms with Crippen LogP contribution in [0.1, 0.15) is 70.6 Å². The van der Waals surface area contributed by atoms with Crippen molar-refractivity contribution in [1.29, 1.82) is 0 Å². The number of rotatable bonds is 1. The van der Waals surface area contributed by atoms with Gasteiger partial charge in [-0.25, -0.2) is 5.43 Å². The number of amides is 2. The molecule has 8 nitrogen and oxygen atoms in total. The zero-order valence-electron chi connectivity index (χ0n) is 22.9. The van der Waals surface area contributed by atoms with Gasteiger partial charge in [-0.05, 0) is 79.8 Å².